The van der Waals surface area contributed by atoms with Gasteiger partial charge in [-0.15, -0.1) is 0 Å². The van der Waals surface area contributed by atoms with E-state index in [1.54, 1.807) is 0 Å². The molecule has 3 atom stereocenters. The smallest absolute Gasteiger partial charge is 0.137 e. The van der Waals surface area contributed by atoms with Gasteiger partial charge in [0.2, 0.25) is 0 Å². The standard InChI is InChI=1S/C18H26ClNO/c1-4-14-5-10-18(21)16(11-14)12-20(3)13(2)15-6-8-17(19)9-7-15/h6-9,13-14,16H,4-5,10-12H2,1-3H3. The van der Waals surface area contributed by atoms with Gasteiger partial charge in [-0.3, -0.25) is 9.69 Å². The first-order valence-electron chi connectivity index (χ1n) is 7.99. The van der Waals surface area contributed by atoms with Crippen molar-refractivity contribution < 1.29 is 4.79 Å². The van der Waals surface area contributed by atoms with E-state index >= 15 is 0 Å². The second-order valence-corrected chi connectivity index (χ2v) is 6.82. The molecule has 1 aromatic rings. The zero-order valence-electron chi connectivity index (χ0n) is 13.3. The molecular weight excluding hydrogens is 282 g/mol. The van der Waals surface area contributed by atoms with Gasteiger partial charge in [0.05, 0.1) is 0 Å². The van der Waals surface area contributed by atoms with Gasteiger partial charge in [0.25, 0.3) is 0 Å². The van der Waals surface area contributed by atoms with E-state index in [9.17, 15) is 4.79 Å². The molecule has 1 aliphatic carbocycles. The monoisotopic (exact) mass is 307 g/mol. The van der Waals surface area contributed by atoms with Gasteiger partial charge in [-0.05, 0) is 50.4 Å². The van der Waals surface area contributed by atoms with Crippen LogP contribution < -0.4 is 0 Å². The predicted octanol–water partition coefficient (Wildman–Crippen LogP) is 4.73. The summed E-state index contributed by atoms with van der Waals surface area (Å²) in [5.41, 5.74) is 1.25. The first-order valence-corrected chi connectivity index (χ1v) is 8.37. The molecule has 3 unspecified atom stereocenters. The van der Waals surface area contributed by atoms with Crippen LogP contribution in [0.2, 0.25) is 5.02 Å². The van der Waals surface area contributed by atoms with E-state index in [1.165, 1.54) is 12.0 Å². The summed E-state index contributed by atoms with van der Waals surface area (Å²) in [6, 6.07) is 8.31. The molecule has 2 nitrogen and oxygen atoms in total. The molecule has 0 aliphatic heterocycles. The summed E-state index contributed by atoms with van der Waals surface area (Å²) in [6.07, 6.45) is 4.11. The Bertz CT molecular complexity index is 471. The average molecular weight is 308 g/mol. The molecule has 1 fully saturated rings. The summed E-state index contributed by atoms with van der Waals surface area (Å²) in [7, 11) is 2.11. The van der Waals surface area contributed by atoms with Crippen LogP contribution in [0.3, 0.4) is 0 Å². The van der Waals surface area contributed by atoms with Crippen molar-refractivity contribution in [2.24, 2.45) is 11.8 Å². The fourth-order valence-corrected chi connectivity index (χ4v) is 3.38. The highest BCUT2D eigenvalue weighted by atomic mass is 35.5. The van der Waals surface area contributed by atoms with Crippen molar-refractivity contribution in [2.75, 3.05) is 13.6 Å². The Balaban J connectivity index is 1.97. The van der Waals surface area contributed by atoms with Gasteiger partial charge >= 0.3 is 0 Å². The molecule has 1 aliphatic rings. The Morgan fingerprint density at radius 3 is 2.62 bits per heavy atom. The van der Waals surface area contributed by atoms with Gasteiger partial charge in [0.1, 0.15) is 5.78 Å². The van der Waals surface area contributed by atoms with Gasteiger partial charge < -0.3 is 0 Å². The molecule has 0 spiro atoms. The van der Waals surface area contributed by atoms with Crippen LogP contribution in [-0.2, 0) is 4.79 Å². The molecule has 3 heteroatoms. The number of hydrogen-bond acceptors (Lipinski definition) is 2. The third kappa shape index (κ3) is 4.31. The molecule has 0 bridgehead atoms. The number of ketones is 1. The minimum atomic E-state index is 0.212. The topological polar surface area (TPSA) is 20.3 Å². The zero-order valence-corrected chi connectivity index (χ0v) is 14.1. The Hall–Kier alpha value is -0.860. The highest BCUT2D eigenvalue weighted by Crippen LogP contribution is 2.30. The number of benzene rings is 1. The number of rotatable bonds is 5. The molecule has 0 heterocycles. The largest absolute Gasteiger partial charge is 0.299 e. The fraction of sp³-hybridized carbons (Fsp3) is 0.611. The number of Topliss-reactive ketones (excluding diaryl/α,β-unsaturated/α-hetero) is 1. The third-order valence-electron chi connectivity index (χ3n) is 4.97. The van der Waals surface area contributed by atoms with Gasteiger partial charge in [-0.25, -0.2) is 0 Å². The van der Waals surface area contributed by atoms with Gasteiger partial charge in [-0.2, -0.15) is 0 Å². The SMILES string of the molecule is CCC1CCC(=O)C(CN(C)C(C)c2ccc(Cl)cc2)C1. The number of carbonyl (C=O) groups is 1. The van der Waals surface area contributed by atoms with Crippen LogP contribution in [0.1, 0.15) is 51.1 Å². The summed E-state index contributed by atoms with van der Waals surface area (Å²) in [4.78, 5) is 14.4. The second kappa shape index (κ2) is 7.42. The zero-order chi connectivity index (χ0) is 15.4. The van der Waals surface area contributed by atoms with E-state index in [-0.39, 0.29) is 5.92 Å². The summed E-state index contributed by atoms with van der Waals surface area (Å²) in [6.45, 7) is 5.28. The van der Waals surface area contributed by atoms with Gasteiger partial charge in [0.15, 0.2) is 0 Å². The van der Waals surface area contributed by atoms with Gasteiger partial charge in [-0.1, -0.05) is 37.1 Å². The maximum Gasteiger partial charge on any atom is 0.137 e. The normalized spacial score (nSPS) is 24.3. The Morgan fingerprint density at radius 2 is 2.00 bits per heavy atom. The number of halogens is 1. The van der Waals surface area contributed by atoms with Crippen LogP contribution in [0, 0.1) is 11.8 Å². The minimum absolute atomic E-state index is 0.212. The lowest BCUT2D eigenvalue weighted by atomic mass is 9.79. The number of nitrogens with zero attached hydrogens (tertiary/aromatic N) is 1. The quantitative estimate of drug-likeness (QED) is 0.784. The molecule has 21 heavy (non-hydrogen) atoms. The van der Waals surface area contributed by atoms with Crippen molar-refractivity contribution in [1.82, 2.24) is 4.90 Å². The Labute approximate surface area is 133 Å². The molecule has 1 saturated carbocycles. The minimum Gasteiger partial charge on any atom is -0.299 e. The van der Waals surface area contributed by atoms with Crippen LogP contribution in [-0.4, -0.2) is 24.3 Å². The lowest BCUT2D eigenvalue weighted by molar-refractivity contribution is -0.126. The van der Waals surface area contributed by atoms with Crippen molar-refractivity contribution in [3.8, 4) is 0 Å². The van der Waals surface area contributed by atoms with E-state index in [0.29, 0.717) is 11.8 Å². The predicted molar refractivity (Wildman–Crippen MR) is 88.6 cm³/mol. The molecule has 0 radical (unpaired) electrons. The summed E-state index contributed by atoms with van der Waals surface area (Å²) in [5.74, 6) is 1.39. The maximum atomic E-state index is 12.2. The lowest BCUT2D eigenvalue weighted by Gasteiger charge is -2.33. The average Bonchev–Trinajstić information content (AvgIpc) is 2.49. The highest BCUT2D eigenvalue weighted by molar-refractivity contribution is 6.30. The first-order chi connectivity index (χ1) is 10.0. The maximum absolute atomic E-state index is 12.2. The van der Waals surface area contributed by atoms with Crippen molar-refractivity contribution in [1.29, 1.82) is 0 Å². The van der Waals surface area contributed by atoms with Crippen LogP contribution in [0.25, 0.3) is 0 Å². The fourth-order valence-electron chi connectivity index (χ4n) is 3.25. The molecule has 116 valence electrons. The van der Waals surface area contributed by atoms with Crippen molar-refractivity contribution in [2.45, 2.75) is 45.6 Å². The second-order valence-electron chi connectivity index (χ2n) is 6.38. The molecule has 0 aromatic heterocycles. The van der Waals surface area contributed by atoms with Gasteiger partial charge in [0, 0.05) is 29.9 Å². The Morgan fingerprint density at radius 1 is 1.33 bits per heavy atom. The summed E-state index contributed by atoms with van der Waals surface area (Å²) < 4.78 is 0. The highest BCUT2D eigenvalue weighted by Gasteiger charge is 2.29. The van der Waals surface area contributed by atoms with E-state index in [4.69, 9.17) is 11.6 Å². The van der Waals surface area contributed by atoms with E-state index in [1.807, 2.05) is 12.1 Å². The van der Waals surface area contributed by atoms with Crippen molar-refractivity contribution >= 4 is 17.4 Å². The Kier molecular flexibility index (Phi) is 5.83. The molecule has 0 saturated heterocycles. The number of hydrogen-bond donors (Lipinski definition) is 0. The molecule has 2 rings (SSSR count). The molecule has 0 amide bonds. The van der Waals surface area contributed by atoms with Crippen LogP contribution in [0.15, 0.2) is 24.3 Å². The summed E-state index contributed by atoms with van der Waals surface area (Å²) >= 11 is 5.94. The van der Waals surface area contributed by atoms with Crippen LogP contribution >= 0.6 is 11.6 Å². The van der Waals surface area contributed by atoms with Crippen molar-refractivity contribution in [3.63, 3.8) is 0 Å². The van der Waals surface area contributed by atoms with E-state index in [0.717, 1.165) is 36.7 Å². The van der Waals surface area contributed by atoms with Crippen LogP contribution in [0.4, 0.5) is 0 Å². The summed E-state index contributed by atoms with van der Waals surface area (Å²) in [5, 5.41) is 0.766. The van der Waals surface area contributed by atoms with Crippen LogP contribution in [0.5, 0.6) is 0 Å². The molecule has 0 N–H and O–H groups in total. The van der Waals surface area contributed by atoms with Crippen molar-refractivity contribution in [3.05, 3.63) is 34.9 Å². The molecule has 1 aromatic carbocycles. The first kappa shape index (κ1) is 16.5. The van der Waals surface area contributed by atoms with E-state index in [2.05, 4.69) is 37.9 Å². The van der Waals surface area contributed by atoms with E-state index < -0.39 is 0 Å². The number of carbonyl (C=O) groups excluding carboxylic acids is 1. The lowest BCUT2D eigenvalue weighted by Crippen LogP contribution is -2.36. The third-order valence-corrected chi connectivity index (χ3v) is 5.22. The molecular formula is C18H26ClNO.